The summed E-state index contributed by atoms with van der Waals surface area (Å²) >= 11 is 0. The van der Waals surface area contributed by atoms with Crippen LogP contribution >= 0.6 is 0 Å². The SMILES string of the molecule is Cc1ccc(CN(C)c2ncc(N)cc2C#N)o1. The van der Waals surface area contributed by atoms with Crippen molar-refractivity contribution in [2.75, 3.05) is 17.7 Å². The van der Waals surface area contributed by atoms with Crippen LogP contribution in [0.5, 0.6) is 0 Å². The fraction of sp³-hybridized carbons (Fsp3) is 0.231. The molecule has 0 amide bonds. The van der Waals surface area contributed by atoms with Crippen molar-refractivity contribution in [3.8, 4) is 6.07 Å². The summed E-state index contributed by atoms with van der Waals surface area (Å²) in [4.78, 5) is 6.05. The molecule has 92 valence electrons. The van der Waals surface area contributed by atoms with Crippen LogP contribution in [0.15, 0.2) is 28.8 Å². The summed E-state index contributed by atoms with van der Waals surface area (Å²) < 4.78 is 5.50. The molecule has 0 aromatic carbocycles. The molecule has 0 bridgehead atoms. The maximum Gasteiger partial charge on any atom is 0.146 e. The summed E-state index contributed by atoms with van der Waals surface area (Å²) in [7, 11) is 1.86. The minimum Gasteiger partial charge on any atom is -0.464 e. The smallest absolute Gasteiger partial charge is 0.146 e. The topological polar surface area (TPSA) is 79.1 Å². The number of pyridine rings is 1. The van der Waals surface area contributed by atoms with Gasteiger partial charge in [0.2, 0.25) is 0 Å². The van der Waals surface area contributed by atoms with Crippen molar-refractivity contribution in [1.82, 2.24) is 4.98 Å². The van der Waals surface area contributed by atoms with Crippen molar-refractivity contribution < 1.29 is 4.42 Å². The number of hydrogen-bond donors (Lipinski definition) is 1. The molecule has 2 N–H and O–H groups in total. The third-order valence-electron chi connectivity index (χ3n) is 2.56. The second-order valence-corrected chi connectivity index (χ2v) is 4.12. The second kappa shape index (κ2) is 4.80. The molecule has 2 aromatic rings. The van der Waals surface area contributed by atoms with Crippen molar-refractivity contribution in [2.24, 2.45) is 0 Å². The number of aromatic nitrogens is 1. The molecule has 0 aliphatic carbocycles. The minimum atomic E-state index is 0.459. The van der Waals surface area contributed by atoms with E-state index in [1.165, 1.54) is 0 Å². The van der Waals surface area contributed by atoms with Crippen LogP contribution in [0, 0.1) is 18.3 Å². The maximum atomic E-state index is 9.07. The summed E-state index contributed by atoms with van der Waals surface area (Å²) in [5.74, 6) is 2.29. The van der Waals surface area contributed by atoms with Crippen molar-refractivity contribution in [1.29, 1.82) is 5.26 Å². The zero-order valence-electron chi connectivity index (χ0n) is 10.3. The molecule has 0 radical (unpaired) electrons. The molecule has 0 saturated carbocycles. The highest BCUT2D eigenvalue weighted by molar-refractivity contribution is 5.58. The van der Waals surface area contributed by atoms with E-state index < -0.39 is 0 Å². The summed E-state index contributed by atoms with van der Waals surface area (Å²) in [6.45, 7) is 2.45. The number of furan rings is 1. The Morgan fingerprint density at radius 2 is 2.28 bits per heavy atom. The van der Waals surface area contributed by atoms with Crippen LogP contribution in [-0.4, -0.2) is 12.0 Å². The Bertz CT molecular complexity index is 597. The van der Waals surface area contributed by atoms with Crippen LogP contribution in [0.1, 0.15) is 17.1 Å². The van der Waals surface area contributed by atoms with Crippen LogP contribution in [-0.2, 0) is 6.54 Å². The molecule has 0 saturated heterocycles. The Kier molecular flexibility index (Phi) is 3.20. The Labute approximate surface area is 105 Å². The Morgan fingerprint density at radius 3 is 2.89 bits per heavy atom. The highest BCUT2D eigenvalue weighted by atomic mass is 16.3. The molecule has 2 rings (SSSR count). The third-order valence-corrected chi connectivity index (χ3v) is 2.56. The normalized spacial score (nSPS) is 10.1. The molecule has 2 aromatic heterocycles. The predicted molar refractivity (Wildman–Crippen MR) is 68.9 cm³/mol. The number of nitrogens with two attached hydrogens (primary N) is 1. The van der Waals surface area contributed by atoms with Gasteiger partial charge in [-0.25, -0.2) is 4.98 Å². The van der Waals surface area contributed by atoms with Crippen LogP contribution in [0.4, 0.5) is 11.5 Å². The van der Waals surface area contributed by atoms with Gasteiger partial charge in [-0.15, -0.1) is 0 Å². The van der Waals surface area contributed by atoms with Crippen LogP contribution in [0.3, 0.4) is 0 Å². The lowest BCUT2D eigenvalue weighted by atomic mass is 10.2. The first-order valence-electron chi connectivity index (χ1n) is 5.52. The molecule has 0 unspecified atom stereocenters. The van der Waals surface area contributed by atoms with Gasteiger partial charge < -0.3 is 15.1 Å². The monoisotopic (exact) mass is 242 g/mol. The first-order valence-corrected chi connectivity index (χ1v) is 5.52. The quantitative estimate of drug-likeness (QED) is 0.891. The fourth-order valence-electron chi connectivity index (χ4n) is 1.74. The van der Waals surface area contributed by atoms with Crippen LogP contribution in [0.2, 0.25) is 0 Å². The molecule has 18 heavy (non-hydrogen) atoms. The lowest BCUT2D eigenvalue weighted by molar-refractivity contribution is 0.481. The van der Waals surface area contributed by atoms with Gasteiger partial charge in [-0.05, 0) is 25.1 Å². The van der Waals surface area contributed by atoms with E-state index in [-0.39, 0.29) is 0 Å². The number of nitriles is 1. The summed E-state index contributed by atoms with van der Waals surface area (Å²) in [6, 6.07) is 7.53. The largest absolute Gasteiger partial charge is 0.464 e. The molecule has 2 heterocycles. The van der Waals surface area contributed by atoms with E-state index >= 15 is 0 Å². The molecule has 0 aliphatic heterocycles. The van der Waals surface area contributed by atoms with E-state index in [1.807, 2.05) is 31.0 Å². The maximum absolute atomic E-state index is 9.07. The zero-order valence-corrected chi connectivity index (χ0v) is 10.3. The summed E-state index contributed by atoms with van der Waals surface area (Å²) in [6.07, 6.45) is 1.54. The standard InChI is InChI=1S/C13H14N4O/c1-9-3-4-12(18-9)8-17(2)13-10(6-14)5-11(15)7-16-13/h3-5,7H,8,15H2,1-2H3. The molecule has 0 fully saturated rings. The Morgan fingerprint density at radius 1 is 1.50 bits per heavy atom. The molecule has 0 atom stereocenters. The van der Waals surface area contributed by atoms with E-state index in [9.17, 15) is 0 Å². The van der Waals surface area contributed by atoms with Gasteiger partial charge in [0.15, 0.2) is 0 Å². The molecular formula is C13H14N4O. The van der Waals surface area contributed by atoms with E-state index in [0.717, 1.165) is 11.5 Å². The van der Waals surface area contributed by atoms with E-state index in [1.54, 1.807) is 12.3 Å². The van der Waals surface area contributed by atoms with Gasteiger partial charge in [-0.1, -0.05) is 0 Å². The zero-order chi connectivity index (χ0) is 13.1. The average molecular weight is 242 g/mol. The van der Waals surface area contributed by atoms with Gasteiger partial charge in [-0.2, -0.15) is 5.26 Å². The lowest BCUT2D eigenvalue weighted by Gasteiger charge is -2.17. The van der Waals surface area contributed by atoms with E-state index in [2.05, 4.69) is 11.1 Å². The fourth-order valence-corrected chi connectivity index (χ4v) is 1.74. The number of hydrogen-bond acceptors (Lipinski definition) is 5. The second-order valence-electron chi connectivity index (χ2n) is 4.12. The van der Waals surface area contributed by atoms with Gasteiger partial charge in [0, 0.05) is 7.05 Å². The number of rotatable bonds is 3. The predicted octanol–water partition coefficient (Wildman–Crippen LogP) is 2.07. The van der Waals surface area contributed by atoms with E-state index in [0.29, 0.717) is 23.6 Å². The first-order chi connectivity index (χ1) is 8.60. The Balaban J connectivity index is 2.24. The molecule has 5 heteroatoms. The van der Waals surface area contributed by atoms with Gasteiger partial charge in [0.1, 0.15) is 23.4 Å². The number of aryl methyl sites for hydroxylation is 1. The number of anilines is 2. The molecule has 0 aliphatic rings. The minimum absolute atomic E-state index is 0.459. The van der Waals surface area contributed by atoms with Crippen molar-refractivity contribution in [3.05, 3.63) is 41.5 Å². The van der Waals surface area contributed by atoms with Gasteiger partial charge in [0.25, 0.3) is 0 Å². The van der Waals surface area contributed by atoms with Crippen LogP contribution in [0.25, 0.3) is 0 Å². The van der Waals surface area contributed by atoms with E-state index in [4.69, 9.17) is 15.4 Å². The van der Waals surface area contributed by atoms with Gasteiger partial charge in [-0.3, -0.25) is 0 Å². The van der Waals surface area contributed by atoms with Gasteiger partial charge in [0.05, 0.1) is 24.0 Å². The first kappa shape index (κ1) is 12.0. The number of nitrogen functional groups attached to an aromatic ring is 1. The summed E-state index contributed by atoms with van der Waals surface area (Å²) in [5.41, 5.74) is 6.55. The highest BCUT2D eigenvalue weighted by Crippen LogP contribution is 2.20. The Hall–Kier alpha value is -2.48. The highest BCUT2D eigenvalue weighted by Gasteiger charge is 2.11. The number of nitrogens with zero attached hydrogens (tertiary/aromatic N) is 3. The molecule has 5 nitrogen and oxygen atoms in total. The van der Waals surface area contributed by atoms with Crippen molar-refractivity contribution in [3.63, 3.8) is 0 Å². The lowest BCUT2D eigenvalue weighted by Crippen LogP contribution is -2.18. The van der Waals surface area contributed by atoms with Crippen molar-refractivity contribution >= 4 is 11.5 Å². The molecule has 0 spiro atoms. The van der Waals surface area contributed by atoms with Gasteiger partial charge >= 0.3 is 0 Å². The average Bonchev–Trinajstić information content (AvgIpc) is 2.74. The van der Waals surface area contributed by atoms with Crippen LogP contribution < -0.4 is 10.6 Å². The summed E-state index contributed by atoms with van der Waals surface area (Å²) in [5, 5.41) is 9.07. The third kappa shape index (κ3) is 2.43. The molecular weight excluding hydrogens is 228 g/mol. The van der Waals surface area contributed by atoms with Crippen molar-refractivity contribution in [2.45, 2.75) is 13.5 Å².